The number of nitrogens with zero attached hydrogens (tertiary/aromatic N) is 3. The molecule has 13 atom stereocenters. The van der Waals surface area contributed by atoms with Gasteiger partial charge in [-0.15, -0.1) is 11.3 Å². The Bertz CT molecular complexity index is 4470. The minimum atomic E-state index is -1.79. The second-order valence-corrected chi connectivity index (χ2v) is 36.3. The fourth-order valence-corrected chi connectivity index (χ4v) is 17.4. The summed E-state index contributed by atoms with van der Waals surface area (Å²) in [6, 6.07) is 14.4. The van der Waals surface area contributed by atoms with Crippen LogP contribution in [-0.2, 0) is 105 Å². The topological polar surface area (TPSA) is 578 Å². The van der Waals surface area contributed by atoms with Crippen molar-refractivity contribution in [1.82, 2.24) is 57.3 Å². The van der Waals surface area contributed by atoms with Crippen molar-refractivity contribution in [3.63, 3.8) is 0 Å². The predicted molar refractivity (Wildman–Crippen MR) is 484 cm³/mol. The number of likely N-dealkylation sites (tertiary alicyclic amines) is 1. The molecule has 0 saturated carbocycles. The summed E-state index contributed by atoms with van der Waals surface area (Å²) in [6.45, 7) is 10.9. The number of ether oxygens (including phenoxy) is 3. The lowest BCUT2D eigenvalue weighted by molar-refractivity contribution is -0.162. The molecule has 0 bridgehead atoms. The lowest BCUT2D eigenvalue weighted by Gasteiger charge is -2.39. The largest absolute Gasteiger partial charge is 0.508 e. The number of aromatic nitrogens is 1. The first-order chi connectivity index (χ1) is 62.2. The number of hydrogen-bond acceptors (Lipinski definition) is 28. The van der Waals surface area contributed by atoms with Gasteiger partial charge in [0.05, 0.1) is 37.0 Å². The van der Waals surface area contributed by atoms with Crippen molar-refractivity contribution < 1.29 is 126 Å². The van der Waals surface area contributed by atoms with E-state index in [-0.39, 0.29) is 148 Å². The van der Waals surface area contributed by atoms with Crippen molar-refractivity contribution >= 4 is 139 Å². The number of benzene rings is 3. The van der Waals surface area contributed by atoms with E-state index in [2.05, 4.69) is 47.5 Å². The van der Waals surface area contributed by atoms with Crippen LogP contribution >= 0.6 is 32.9 Å². The predicted octanol–water partition coefficient (Wildman–Crippen LogP) is 6.66. The number of alkyl carbamates (subject to hydrolysis) is 1. The molecule has 1 unspecified atom stereocenters. The normalized spacial score (nSPS) is 15.3. The van der Waals surface area contributed by atoms with Gasteiger partial charge >= 0.3 is 47.9 Å². The summed E-state index contributed by atoms with van der Waals surface area (Å²) in [4.78, 5) is 246. The fraction of sp³-hybridized carbons (Fsp3) is 0.567. The Labute approximate surface area is 773 Å². The number of carbonyl (C=O) groups is 18. The lowest BCUT2D eigenvalue weighted by Crippen LogP contribution is -2.53. The van der Waals surface area contributed by atoms with Crippen LogP contribution in [0.3, 0.4) is 0 Å². The van der Waals surface area contributed by atoms with Crippen LogP contribution in [0.15, 0.2) is 90.3 Å². The van der Waals surface area contributed by atoms with E-state index in [4.69, 9.17) is 25.1 Å². The molecule has 5 rings (SSSR count). The van der Waals surface area contributed by atoms with Gasteiger partial charge in [-0.3, -0.25) is 76.8 Å². The number of amides is 9. The zero-order valence-electron chi connectivity index (χ0n) is 75.2. The van der Waals surface area contributed by atoms with E-state index < -0.39 is 206 Å². The Kier molecular flexibility index (Phi) is 49.1. The Balaban J connectivity index is 1.14. The maximum Gasteiger partial charge on any atom is 0.407 e. The molecule has 2 heterocycles. The summed E-state index contributed by atoms with van der Waals surface area (Å²) >= 11 is 1.03. The smallest absolute Gasteiger partial charge is 0.407 e. The summed E-state index contributed by atoms with van der Waals surface area (Å²) in [6.07, 6.45) is -1.78. The van der Waals surface area contributed by atoms with Crippen molar-refractivity contribution in [2.24, 2.45) is 41.2 Å². The highest BCUT2D eigenvalue weighted by atomic mass is 33.1. The molecule has 0 radical (unpaired) electrons. The number of carboxylic acids is 4. The highest BCUT2D eigenvalue weighted by Crippen LogP contribution is 2.35. The van der Waals surface area contributed by atoms with E-state index in [0.29, 0.717) is 36.0 Å². The molecule has 4 aromatic rings. The number of likely N-dealkylation sites (N-methyl/N-ethyl adjacent to an activating group) is 1. The second kappa shape index (κ2) is 58.4. The SMILES string of the molecule is CCCC(=O)OCN(C(=O)[C@@H](CC(=O)[C@H]1CCCCN1C)C(C)CC)[C@H](C[C@@H](OC(C)=O)c1nc(C(=O)N[C@@H](Cc2ccc(O)cc2)C[C@H](C)C(=O)CNC(=O)OCCSSC[C@@H](CC(=O)[C@H](CC(=O)O)NC(=O)[C@@H](N)CNC(=O)[C@@H](CC(=O)[C@H](Cc2ccccc2)NC(=O)CCNC(=O)CC[C@H](NC(=O)NCCCC(=O)O)C(=O)O)Cc2ccccc2)C(=O)O)cs1)C(C)C. The second-order valence-electron chi connectivity index (χ2n) is 32.8. The molecule has 1 aliphatic rings. The van der Waals surface area contributed by atoms with Crippen molar-refractivity contribution in [3.05, 3.63) is 118 Å². The summed E-state index contributed by atoms with van der Waals surface area (Å²) < 4.78 is 16.9. The minimum absolute atomic E-state index is 0.0159. The van der Waals surface area contributed by atoms with Gasteiger partial charge in [-0.25, -0.2) is 19.4 Å². The van der Waals surface area contributed by atoms with Crippen LogP contribution in [0.5, 0.6) is 5.75 Å². The zero-order chi connectivity index (χ0) is 96.8. The number of piperidine rings is 1. The zero-order valence-corrected chi connectivity index (χ0v) is 77.7. The van der Waals surface area contributed by atoms with Crippen LogP contribution in [0.2, 0.25) is 0 Å². The van der Waals surface area contributed by atoms with Crippen LogP contribution < -0.4 is 48.3 Å². The van der Waals surface area contributed by atoms with Crippen LogP contribution in [0, 0.1) is 35.5 Å². The molecule has 1 saturated heterocycles. The van der Waals surface area contributed by atoms with Crippen LogP contribution in [0.1, 0.15) is 196 Å². The number of carboxylic acid groups (broad SMARTS) is 4. The van der Waals surface area contributed by atoms with Gasteiger partial charge in [0.2, 0.25) is 29.5 Å². The van der Waals surface area contributed by atoms with Gasteiger partial charge < -0.3 is 92.9 Å². The minimum Gasteiger partial charge on any atom is -0.508 e. The number of nitrogens with two attached hydrogens (primary N) is 1. The standard InChI is InChI=1S/C90H126N12O26S3/c1-9-20-81(115)127-52-102(86(119)64(54(5)10-2)45-74(107)70-25-17-18-36-101(70)8)71(53(3)4)47-76(128-56(7)103)85-99-69(51-129-85)84(118)96-62(41-59-27-29-63(104)30-28-59)39-55(6)75(108)49-95-90(125)126-37-38-130-131-50-61(87(120)121)44-73(106)68(46-80(113)114)98-83(117)65(91)48-94-82(116)60(40-57-21-13-11-14-22-57)43-72(105)67(42-58-23-15-12-16-24-58)97-78(110)33-35-92-77(109)32-31-66(88(122)123)100-89(124)93-34-19-26-79(111)112/h11-16,21-24,27-30,51,53-55,60-62,64-68,70-71,76,104H,9-10,17-20,25-26,31-50,52,91H2,1-8H3,(H,92,109)(H,94,116)(H,95,125)(H,96,118)(H,97,110)(H,98,117)(H,111,112)(H,113,114)(H,120,121)(H,122,123)(H2,93,100,124)/t54?,55-,60+,61+,62+,64-,65-,66-,67-,68-,70+,71+,76+/m0/s1. The van der Waals surface area contributed by atoms with E-state index >= 15 is 4.79 Å². The Morgan fingerprint density at radius 2 is 1.29 bits per heavy atom. The number of urea groups is 1. The van der Waals surface area contributed by atoms with Gasteiger partial charge in [0.15, 0.2) is 36.0 Å². The molecule has 3 aromatic carbocycles. The van der Waals surface area contributed by atoms with Gasteiger partial charge in [0.25, 0.3) is 5.91 Å². The number of hydrogen-bond donors (Lipinski definition) is 14. The number of thiazole rings is 1. The molecule has 131 heavy (non-hydrogen) atoms. The first-order valence-corrected chi connectivity index (χ1v) is 47.2. The number of ketones is 4. The van der Waals surface area contributed by atoms with Crippen LogP contribution in [-0.4, -0.2) is 254 Å². The van der Waals surface area contributed by atoms with Gasteiger partial charge in [-0.2, -0.15) is 0 Å². The van der Waals surface area contributed by atoms with Crippen molar-refractivity contribution in [2.45, 2.75) is 225 Å². The Morgan fingerprint density at radius 1 is 0.634 bits per heavy atom. The van der Waals surface area contributed by atoms with Gasteiger partial charge in [-0.1, -0.05) is 149 Å². The Hall–Kier alpha value is -11.4. The molecule has 1 aromatic heterocycles. The van der Waals surface area contributed by atoms with Crippen LogP contribution in [0.4, 0.5) is 9.59 Å². The van der Waals surface area contributed by atoms with Gasteiger partial charge in [0, 0.05) is 125 Å². The number of aliphatic carboxylic acids is 4. The molecule has 0 aliphatic carbocycles. The van der Waals surface area contributed by atoms with E-state index in [1.807, 2.05) is 46.6 Å². The number of nitrogens with one attached hydrogen (secondary N) is 8. The summed E-state index contributed by atoms with van der Waals surface area (Å²) in [5.74, 6) is -18.0. The van der Waals surface area contributed by atoms with Crippen molar-refractivity contribution in [3.8, 4) is 5.75 Å². The highest BCUT2D eigenvalue weighted by molar-refractivity contribution is 8.76. The molecule has 1 aliphatic heterocycles. The monoisotopic (exact) mass is 1890 g/mol. The maximum absolute atomic E-state index is 15.1. The van der Waals surface area contributed by atoms with Crippen molar-refractivity contribution in [2.75, 3.05) is 64.6 Å². The van der Waals surface area contributed by atoms with Gasteiger partial charge in [-0.05, 0) is 112 Å². The van der Waals surface area contributed by atoms with Gasteiger partial charge in [0.1, 0.15) is 35.1 Å². The molecule has 720 valence electrons. The van der Waals surface area contributed by atoms with E-state index in [1.54, 1.807) is 79.7 Å². The summed E-state index contributed by atoms with van der Waals surface area (Å²) in [5, 5.41) is 70.1. The number of phenols is 1. The molecular formula is C90H126N12O26S3. The average Bonchev–Trinajstić information content (AvgIpc) is 1.79. The first kappa shape index (κ1) is 110. The average molecular weight is 1890 g/mol. The van der Waals surface area contributed by atoms with Crippen LogP contribution in [0.25, 0.3) is 0 Å². The number of phenolic OH excluding ortho intramolecular Hbond substituents is 1. The molecule has 1 fully saturated rings. The number of esters is 2. The van der Waals surface area contributed by atoms with E-state index in [1.165, 1.54) is 29.3 Å². The first-order valence-electron chi connectivity index (χ1n) is 43.8. The maximum atomic E-state index is 15.1. The molecule has 9 amide bonds. The fourth-order valence-electron chi connectivity index (χ4n) is 14.4. The molecular weight excluding hydrogens is 1760 g/mol. The van der Waals surface area contributed by atoms with Crippen molar-refractivity contribution in [1.29, 1.82) is 0 Å². The third-order valence-electron chi connectivity index (χ3n) is 22.0. The third-order valence-corrected chi connectivity index (χ3v) is 25.4. The molecule has 41 heteroatoms. The molecule has 0 spiro atoms. The highest BCUT2D eigenvalue weighted by Gasteiger charge is 2.41. The number of Topliss-reactive ketones (excluding diaryl/α,β-unsaturated/α-hetero) is 4. The molecule has 15 N–H and O–H groups in total. The lowest BCUT2D eigenvalue weighted by atomic mass is 9.82. The molecule has 38 nitrogen and oxygen atoms in total. The summed E-state index contributed by atoms with van der Waals surface area (Å²) in [5.41, 5.74) is 8.07. The van der Waals surface area contributed by atoms with E-state index in [0.717, 1.165) is 52.3 Å². The van der Waals surface area contributed by atoms with E-state index in [9.17, 15) is 102 Å². The quantitative estimate of drug-likeness (QED) is 0.00722. The Morgan fingerprint density at radius 3 is 1.91 bits per heavy atom. The number of aromatic hydroxyl groups is 1. The summed E-state index contributed by atoms with van der Waals surface area (Å²) in [7, 11) is 3.94. The third kappa shape index (κ3) is 41.3. The number of carbonyl (C=O) groups excluding carboxylic acids is 14. The number of rotatable bonds is 62.